The Labute approximate surface area is 79.0 Å². The summed E-state index contributed by atoms with van der Waals surface area (Å²) in [5.74, 6) is 0.180. The SMILES string of the molecule is Nc1cc(O)c2sccc2c1CO. The van der Waals surface area contributed by atoms with Gasteiger partial charge in [0.1, 0.15) is 5.75 Å². The number of nitrogen functional groups attached to an aromatic ring is 1. The van der Waals surface area contributed by atoms with E-state index in [0.717, 1.165) is 10.1 Å². The van der Waals surface area contributed by atoms with Crippen LogP contribution in [0, 0.1) is 0 Å². The standard InChI is InChI=1S/C9H9NO2S/c10-7-3-8(12)9-5(1-2-13-9)6(7)4-11/h1-3,11-12H,4,10H2. The topological polar surface area (TPSA) is 66.5 Å². The average Bonchev–Trinajstić information content (AvgIpc) is 2.53. The van der Waals surface area contributed by atoms with Gasteiger partial charge in [0.25, 0.3) is 0 Å². The van der Waals surface area contributed by atoms with Crippen LogP contribution in [0.2, 0.25) is 0 Å². The molecule has 0 radical (unpaired) electrons. The van der Waals surface area contributed by atoms with Gasteiger partial charge in [0.15, 0.2) is 0 Å². The van der Waals surface area contributed by atoms with Crippen LogP contribution in [0.3, 0.4) is 0 Å². The van der Waals surface area contributed by atoms with Crippen LogP contribution >= 0.6 is 11.3 Å². The highest BCUT2D eigenvalue weighted by Crippen LogP contribution is 2.35. The number of anilines is 1. The maximum Gasteiger partial charge on any atom is 0.135 e. The second-order valence-electron chi connectivity index (χ2n) is 2.78. The summed E-state index contributed by atoms with van der Waals surface area (Å²) < 4.78 is 0.776. The van der Waals surface area contributed by atoms with Gasteiger partial charge >= 0.3 is 0 Å². The van der Waals surface area contributed by atoms with Crippen molar-refractivity contribution < 1.29 is 10.2 Å². The summed E-state index contributed by atoms with van der Waals surface area (Å²) in [7, 11) is 0. The molecular weight excluding hydrogens is 186 g/mol. The largest absolute Gasteiger partial charge is 0.506 e. The number of nitrogens with two attached hydrogens (primary N) is 1. The Balaban J connectivity index is 2.88. The summed E-state index contributed by atoms with van der Waals surface area (Å²) in [6.45, 7) is -0.0979. The van der Waals surface area contributed by atoms with Crippen molar-refractivity contribution in [2.24, 2.45) is 0 Å². The molecule has 0 amide bonds. The molecule has 3 nitrogen and oxygen atoms in total. The summed E-state index contributed by atoms with van der Waals surface area (Å²) in [6, 6.07) is 3.33. The number of aliphatic hydroxyl groups excluding tert-OH is 1. The van der Waals surface area contributed by atoms with Gasteiger partial charge in [-0.05, 0) is 11.4 Å². The Morgan fingerprint density at radius 1 is 1.46 bits per heavy atom. The fourth-order valence-corrected chi connectivity index (χ4v) is 2.22. The van der Waals surface area contributed by atoms with E-state index < -0.39 is 0 Å². The van der Waals surface area contributed by atoms with E-state index in [1.165, 1.54) is 17.4 Å². The summed E-state index contributed by atoms with van der Waals surface area (Å²) in [5, 5.41) is 21.3. The zero-order valence-corrected chi connectivity index (χ0v) is 7.64. The van der Waals surface area contributed by atoms with Crippen molar-refractivity contribution in [3.63, 3.8) is 0 Å². The molecule has 1 aromatic heterocycles. The Kier molecular flexibility index (Phi) is 1.86. The first-order valence-electron chi connectivity index (χ1n) is 3.82. The van der Waals surface area contributed by atoms with Crippen LogP contribution in [0.1, 0.15) is 5.56 Å². The molecule has 0 saturated heterocycles. The van der Waals surface area contributed by atoms with Crippen LogP contribution in [0.15, 0.2) is 17.5 Å². The van der Waals surface area contributed by atoms with Crippen LogP contribution < -0.4 is 5.73 Å². The van der Waals surface area contributed by atoms with Crippen molar-refractivity contribution in [2.45, 2.75) is 6.61 Å². The lowest BCUT2D eigenvalue weighted by Crippen LogP contribution is -1.94. The maximum atomic E-state index is 9.51. The first-order chi connectivity index (χ1) is 6.24. The molecule has 68 valence electrons. The summed E-state index contributed by atoms with van der Waals surface area (Å²) in [5.41, 5.74) is 6.77. The van der Waals surface area contributed by atoms with E-state index >= 15 is 0 Å². The number of rotatable bonds is 1. The van der Waals surface area contributed by atoms with Gasteiger partial charge in [0, 0.05) is 22.7 Å². The molecule has 1 heterocycles. The number of thiophene rings is 1. The zero-order valence-electron chi connectivity index (χ0n) is 6.82. The first kappa shape index (κ1) is 8.34. The van der Waals surface area contributed by atoms with Crippen molar-refractivity contribution in [2.75, 3.05) is 5.73 Å². The highest BCUT2D eigenvalue weighted by molar-refractivity contribution is 7.17. The summed E-state index contributed by atoms with van der Waals surface area (Å²) in [6.07, 6.45) is 0. The van der Waals surface area contributed by atoms with Crippen molar-refractivity contribution in [1.29, 1.82) is 0 Å². The predicted octanol–water partition coefficient (Wildman–Crippen LogP) is 1.68. The molecule has 4 N–H and O–H groups in total. The Bertz CT molecular complexity index is 450. The van der Waals surface area contributed by atoms with Crippen LogP contribution in [0.4, 0.5) is 5.69 Å². The summed E-state index contributed by atoms with van der Waals surface area (Å²) >= 11 is 1.44. The Hall–Kier alpha value is -1.26. The quantitative estimate of drug-likeness (QED) is 0.606. The van der Waals surface area contributed by atoms with Gasteiger partial charge in [-0.25, -0.2) is 0 Å². The highest BCUT2D eigenvalue weighted by atomic mass is 32.1. The monoisotopic (exact) mass is 195 g/mol. The lowest BCUT2D eigenvalue weighted by Gasteiger charge is -2.05. The molecule has 0 spiro atoms. The molecule has 0 aliphatic heterocycles. The maximum absolute atomic E-state index is 9.51. The number of hydrogen-bond donors (Lipinski definition) is 3. The smallest absolute Gasteiger partial charge is 0.135 e. The third-order valence-corrected chi connectivity index (χ3v) is 2.96. The fourth-order valence-electron chi connectivity index (χ4n) is 1.38. The van der Waals surface area contributed by atoms with Crippen LogP contribution in [0.5, 0.6) is 5.75 Å². The van der Waals surface area contributed by atoms with E-state index in [1.807, 2.05) is 11.4 Å². The third kappa shape index (κ3) is 1.15. The zero-order chi connectivity index (χ0) is 9.42. The highest BCUT2D eigenvalue weighted by Gasteiger charge is 2.09. The van der Waals surface area contributed by atoms with Crippen LogP contribution in [-0.2, 0) is 6.61 Å². The van der Waals surface area contributed by atoms with E-state index in [0.29, 0.717) is 11.3 Å². The van der Waals surface area contributed by atoms with Gasteiger partial charge in [-0.1, -0.05) is 0 Å². The number of fused-ring (bicyclic) bond motifs is 1. The van der Waals surface area contributed by atoms with Crippen molar-refractivity contribution in [3.05, 3.63) is 23.1 Å². The Morgan fingerprint density at radius 2 is 2.23 bits per heavy atom. The van der Waals surface area contributed by atoms with Gasteiger partial charge in [-0.2, -0.15) is 0 Å². The molecule has 13 heavy (non-hydrogen) atoms. The van der Waals surface area contributed by atoms with Gasteiger partial charge < -0.3 is 15.9 Å². The van der Waals surface area contributed by atoms with Crippen molar-refractivity contribution in [3.8, 4) is 5.75 Å². The molecule has 2 rings (SSSR count). The number of phenols is 1. The molecular formula is C9H9NO2S. The summed E-state index contributed by atoms with van der Waals surface area (Å²) in [4.78, 5) is 0. The molecule has 4 heteroatoms. The van der Waals surface area contributed by atoms with E-state index in [-0.39, 0.29) is 12.4 Å². The lowest BCUT2D eigenvalue weighted by atomic mass is 10.1. The molecule has 0 fully saturated rings. The average molecular weight is 195 g/mol. The molecule has 2 aromatic rings. The van der Waals surface area contributed by atoms with Crippen LogP contribution in [0.25, 0.3) is 10.1 Å². The third-order valence-electron chi connectivity index (χ3n) is 2.02. The molecule has 0 atom stereocenters. The number of aromatic hydroxyl groups is 1. The van der Waals surface area contributed by atoms with E-state index in [9.17, 15) is 5.11 Å². The number of phenolic OH excluding ortho intramolecular Hbond substituents is 1. The van der Waals surface area contributed by atoms with Gasteiger partial charge in [0.05, 0.1) is 11.3 Å². The van der Waals surface area contributed by atoms with Crippen LogP contribution in [-0.4, -0.2) is 10.2 Å². The van der Waals surface area contributed by atoms with Gasteiger partial charge in [0.2, 0.25) is 0 Å². The second-order valence-corrected chi connectivity index (χ2v) is 3.70. The van der Waals surface area contributed by atoms with Crippen molar-refractivity contribution >= 4 is 27.1 Å². The van der Waals surface area contributed by atoms with E-state index in [4.69, 9.17) is 10.8 Å². The number of aliphatic hydroxyl groups is 1. The normalized spacial score (nSPS) is 10.8. The second kappa shape index (κ2) is 2.90. The minimum Gasteiger partial charge on any atom is -0.506 e. The molecule has 0 bridgehead atoms. The molecule has 0 saturated carbocycles. The molecule has 1 aromatic carbocycles. The van der Waals surface area contributed by atoms with Crippen molar-refractivity contribution in [1.82, 2.24) is 0 Å². The van der Waals surface area contributed by atoms with E-state index in [1.54, 1.807) is 0 Å². The minimum atomic E-state index is -0.0979. The molecule has 0 aliphatic carbocycles. The number of hydrogen-bond acceptors (Lipinski definition) is 4. The Morgan fingerprint density at radius 3 is 2.92 bits per heavy atom. The predicted molar refractivity (Wildman–Crippen MR) is 53.8 cm³/mol. The minimum absolute atomic E-state index is 0.0979. The lowest BCUT2D eigenvalue weighted by molar-refractivity contribution is 0.284. The van der Waals surface area contributed by atoms with Gasteiger partial charge in [-0.15, -0.1) is 11.3 Å². The molecule has 0 unspecified atom stereocenters. The first-order valence-corrected chi connectivity index (χ1v) is 4.70. The number of benzene rings is 1. The fraction of sp³-hybridized carbons (Fsp3) is 0.111. The van der Waals surface area contributed by atoms with E-state index in [2.05, 4.69) is 0 Å². The molecule has 0 aliphatic rings. The van der Waals surface area contributed by atoms with Gasteiger partial charge in [-0.3, -0.25) is 0 Å².